The minimum atomic E-state index is -0.134. The Bertz CT molecular complexity index is 403. The van der Waals surface area contributed by atoms with E-state index < -0.39 is 0 Å². The van der Waals surface area contributed by atoms with Crippen molar-refractivity contribution in [2.75, 3.05) is 0 Å². The topological polar surface area (TPSA) is 24.8 Å². The summed E-state index contributed by atoms with van der Waals surface area (Å²) in [6, 6.07) is 7.84. The molecule has 0 spiro atoms. The van der Waals surface area contributed by atoms with Gasteiger partial charge in [-0.2, -0.15) is 0 Å². The lowest BCUT2D eigenvalue weighted by molar-refractivity contribution is 0.177. The van der Waals surface area contributed by atoms with Gasteiger partial charge in [0, 0.05) is 18.8 Å². The van der Waals surface area contributed by atoms with E-state index in [1.54, 1.807) is 0 Å². The fourth-order valence-electron chi connectivity index (χ4n) is 1.42. The van der Waals surface area contributed by atoms with Crippen molar-refractivity contribution < 1.29 is 5.11 Å². The maximum absolute atomic E-state index is 10.6. The molecule has 1 radical (unpaired) electrons. The van der Waals surface area contributed by atoms with Crippen LogP contribution in [0.15, 0.2) is 30.5 Å². The lowest BCUT2D eigenvalue weighted by Crippen LogP contribution is -1.85. The fourth-order valence-corrected chi connectivity index (χ4v) is 1.42. The van der Waals surface area contributed by atoms with Gasteiger partial charge in [-0.15, -0.1) is 0 Å². The van der Waals surface area contributed by atoms with Crippen molar-refractivity contribution in [3.8, 4) is 0 Å². The second-order valence-corrected chi connectivity index (χ2v) is 2.96. The summed E-state index contributed by atoms with van der Waals surface area (Å²) < 4.78 is 2.05. The van der Waals surface area contributed by atoms with Crippen LogP contribution in [0.5, 0.6) is 0 Å². The molecule has 0 aliphatic rings. The maximum atomic E-state index is 10.6. The number of benzene rings is 1. The van der Waals surface area contributed by atoms with Gasteiger partial charge in [-0.25, -0.2) is 5.11 Å². The first-order valence-electron chi connectivity index (χ1n) is 3.93. The van der Waals surface area contributed by atoms with Crippen LogP contribution in [0, 0.1) is 0 Å². The number of aromatic nitrogens is 1. The Kier molecular flexibility index (Phi) is 1.62. The SMILES string of the molecule is Cn1ccc2cc(C[O])ccc21. The van der Waals surface area contributed by atoms with Gasteiger partial charge in [0.25, 0.3) is 0 Å². The average molecular weight is 160 g/mol. The maximum Gasteiger partial charge on any atom is 0.107 e. The highest BCUT2D eigenvalue weighted by atomic mass is 16.3. The molecule has 2 heteroatoms. The average Bonchev–Trinajstić information content (AvgIpc) is 2.47. The van der Waals surface area contributed by atoms with Crippen molar-refractivity contribution in [1.82, 2.24) is 4.57 Å². The summed E-state index contributed by atoms with van der Waals surface area (Å²) in [5.74, 6) is 0. The monoisotopic (exact) mass is 160 g/mol. The van der Waals surface area contributed by atoms with E-state index in [9.17, 15) is 5.11 Å². The number of fused-ring (bicyclic) bond motifs is 1. The predicted molar refractivity (Wildman–Crippen MR) is 47.3 cm³/mol. The zero-order chi connectivity index (χ0) is 8.55. The van der Waals surface area contributed by atoms with Gasteiger partial charge >= 0.3 is 0 Å². The molecule has 12 heavy (non-hydrogen) atoms. The van der Waals surface area contributed by atoms with Crippen molar-refractivity contribution >= 4 is 10.9 Å². The molecule has 0 aliphatic heterocycles. The third kappa shape index (κ3) is 1.01. The Morgan fingerprint density at radius 2 is 2.17 bits per heavy atom. The molecule has 2 aromatic rings. The molecule has 2 nitrogen and oxygen atoms in total. The van der Waals surface area contributed by atoms with Crippen LogP contribution in [0.3, 0.4) is 0 Å². The molecule has 0 aliphatic carbocycles. The summed E-state index contributed by atoms with van der Waals surface area (Å²) in [4.78, 5) is 0. The molecule has 0 fully saturated rings. The molecule has 0 saturated carbocycles. The lowest BCUT2D eigenvalue weighted by atomic mass is 10.2. The van der Waals surface area contributed by atoms with Crippen molar-refractivity contribution in [3.63, 3.8) is 0 Å². The molecule has 0 bridgehead atoms. The van der Waals surface area contributed by atoms with Crippen LogP contribution in [0.2, 0.25) is 0 Å². The quantitative estimate of drug-likeness (QED) is 0.610. The first kappa shape index (κ1) is 7.37. The zero-order valence-corrected chi connectivity index (χ0v) is 6.95. The first-order valence-corrected chi connectivity index (χ1v) is 3.93. The van der Waals surface area contributed by atoms with Crippen LogP contribution in [-0.4, -0.2) is 4.57 Å². The van der Waals surface area contributed by atoms with Gasteiger partial charge in [0.05, 0.1) is 0 Å². The number of rotatable bonds is 1. The molecule has 0 amide bonds. The molecule has 2 rings (SSSR count). The van der Waals surface area contributed by atoms with Gasteiger partial charge in [0.15, 0.2) is 0 Å². The van der Waals surface area contributed by atoms with Crippen LogP contribution in [0.1, 0.15) is 5.56 Å². The standard InChI is InChI=1S/C10H10NO/c1-11-5-4-9-6-8(7-12)2-3-10(9)11/h2-6H,7H2,1H3. The van der Waals surface area contributed by atoms with Gasteiger partial charge in [-0.1, -0.05) is 6.07 Å². The molecule has 1 heterocycles. The fraction of sp³-hybridized carbons (Fsp3) is 0.200. The molecule has 1 aromatic heterocycles. The number of nitrogens with zero attached hydrogens (tertiary/aromatic N) is 1. The van der Waals surface area contributed by atoms with E-state index in [0.29, 0.717) is 0 Å². The molecule has 0 unspecified atom stereocenters. The molecule has 0 N–H and O–H groups in total. The van der Waals surface area contributed by atoms with Gasteiger partial charge in [-0.3, -0.25) is 0 Å². The van der Waals surface area contributed by atoms with E-state index in [2.05, 4.69) is 0 Å². The van der Waals surface area contributed by atoms with Crippen molar-refractivity contribution in [2.45, 2.75) is 6.61 Å². The number of hydrogen-bond acceptors (Lipinski definition) is 0. The summed E-state index contributed by atoms with van der Waals surface area (Å²) >= 11 is 0. The Morgan fingerprint density at radius 3 is 2.92 bits per heavy atom. The van der Waals surface area contributed by atoms with Crippen LogP contribution in [-0.2, 0) is 18.8 Å². The van der Waals surface area contributed by atoms with E-state index in [0.717, 1.165) is 10.9 Å². The summed E-state index contributed by atoms with van der Waals surface area (Å²) in [7, 11) is 2.00. The molecular weight excluding hydrogens is 150 g/mol. The largest absolute Gasteiger partial charge is 0.351 e. The van der Waals surface area contributed by atoms with E-state index in [-0.39, 0.29) is 6.61 Å². The second-order valence-electron chi connectivity index (χ2n) is 2.96. The highest BCUT2D eigenvalue weighted by Crippen LogP contribution is 2.16. The van der Waals surface area contributed by atoms with Crippen LogP contribution >= 0.6 is 0 Å². The number of hydrogen-bond donors (Lipinski definition) is 0. The van der Waals surface area contributed by atoms with Crippen LogP contribution < -0.4 is 0 Å². The Labute approximate surface area is 71.1 Å². The zero-order valence-electron chi connectivity index (χ0n) is 6.95. The summed E-state index contributed by atoms with van der Waals surface area (Å²) in [5.41, 5.74) is 2.03. The normalized spacial score (nSPS) is 10.8. The molecule has 61 valence electrons. The first-order chi connectivity index (χ1) is 5.81. The minimum absolute atomic E-state index is 0.134. The molecule has 0 saturated heterocycles. The van der Waals surface area contributed by atoms with Gasteiger partial charge in [0.2, 0.25) is 0 Å². The number of aryl methyl sites for hydroxylation is 1. The van der Waals surface area contributed by atoms with Crippen LogP contribution in [0.25, 0.3) is 10.9 Å². The highest BCUT2D eigenvalue weighted by Gasteiger charge is 1.98. The van der Waals surface area contributed by atoms with E-state index in [1.165, 1.54) is 5.52 Å². The van der Waals surface area contributed by atoms with Gasteiger partial charge in [0.1, 0.15) is 6.61 Å². The molecule has 1 aromatic carbocycles. The Hall–Kier alpha value is -1.28. The van der Waals surface area contributed by atoms with Crippen molar-refractivity contribution in [1.29, 1.82) is 0 Å². The summed E-state index contributed by atoms with van der Waals surface area (Å²) in [6.07, 6.45) is 2.00. The van der Waals surface area contributed by atoms with E-state index in [4.69, 9.17) is 0 Å². The predicted octanol–water partition coefficient (Wildman–Crippen LogP) is 2.11. The summed E-state index contributed by atoms with van der Waals surface area (Å²) in [6.45, 7) is -0.134. The Morgan fingerprint density at radius 1 is 1.33 bits per heavy atom. The van der Waals surface area contributed by atoms with Crippen molar-refractivity contribution in [3.05, 3.63) is 36.0 Å². The third-order valence-electron chi connectivity index (χ3n) is 2.12. The van der Waals surface area contributed by atoms with Crippen LogP contribution in [0.4, 0.5) is 0 Å². The smallest absolute Gasteiger partial charge is 0.107 e. The highest BCUT2D eigenvalue weighted by molar-refractivity contribution is 5.80. The Balaban J connectivity index is 2.69. The third-order valence-corrected chi connectivity index (χ3v) is 2.12. The second kappa shape index (κ2) is 2.64. The van der Waals surface area contributed by atoms with Gasteiger partial charge in [-0.05, 0) is 29.1 Å². The van der Waals surface area contributed by atoms with E-state index >= 15 is 0 Å². The molecular formula is C10H10NO. The minimum Gasteiger partial charge on any atom is -0.351 e. The lowest BCUT2D eigenvalue weighted by Gasteiger charge is -1.97. The van der Waals surface area contributed by atoms with E-state index in [1.807, 2.05) is 42.1 Å². The van der Waals surface area contributed by atoms with Crippen molar-refractivity contribution in [2.24, 2.45) is 7.05 Å². The van der Waals surface area contributed by atoms with Gasteiger partial charge < -0.3 is 4.57 Å². The summed E-state index contributed by atoms with van der Waals surface area (Å²) in [5, 5.41) is 11.7. The molecule has 0 atom stereocenters.